The molecule has 0 amide bonds. The van der Waals surface area contributed by atoms with E-state index in [-0.39, 0.29) is 12.1 Å². The zero-order chi connectivity index (χ0) is 13.6. The van der Waals surface area contributed by atoms with Crippen molar-refractivity contribution in [3.63, 3.8) is 0 Å². The average Bonchev–Trinajstić information content (AvgIpc) is 2.37. The monoisotopic (exact) mass is 256 g/mol. The molecule has 1 aliphatic carbocycles. The van der Waals surface area contributed by atoms with E-state index in [1.54, 1.807) is 0 Å². The van der Waals surface area contributed by atoms with Gasteiger partial charge in [0.15, 0.2) is 0 Å². The first-order valence-corrected chi connectivity index (χ1v) is 7.61. The third kappa shape index (κ3) is 4.52. The highest BCUT2D eigenvalue weighted by atomic mass is 16.2. The fraction of sp³-hybridized carbons (Fsp3) is 1.00. The molecule has 0 aromatic carbocycles. The predicted octanol–water partition coefficient (Wildman–Crippen LogP) is 2.28. The summed E-state index contributed by atoms with van der Waals surface area (Å²) >= 11 is 0. The summed E-state index contributed by atoms with van der Waals surface area (Å²) in [6.45, 7) is 7.90. The molecule has 1 rings (SSSR count). The van der Waals surface area contributed by atoms with E-state index in [0.717, 1.165) is 31.2 Å². The molecule has 1 aliphatic rings. The van der Waals surface area contributed by atoms with Crippen molar-refractivity contribution < 1.29 is 5.11 Å². The van der Waals surface area contributed by atoms with Crippen molar-refractivity contribution >= 4 is 0 Å². The minimum Gasteiger partial charge on any atom is -0.396 e. The fourth-order valence-corrected chi connectivity index (χ4v) is 3.26. The summed E-state index contributed by atoms with van der Waals surface area (Å²) in [7, 11) is 0. The molecule has 0 aromatic heterocycles. The van der Waals surface area contributed by atoms with E-state index in [1.807, 2.05) is 0 Å². The lowest BCUT2D eigenvalue weighted by molar-refractivity contribution is 0.150. The van der Waals surface area contributed by atoms with E-state index in [1.165, 1.54) is 25.7 Å². The second-order valence-corrected chi connectivity index (χ2v) is 6.48. The summed E-state index contributed by atoms with van der Waals surface area (Å²) in [5, 5.41) is 12.6. The lowest BCUT2D eigenvalue weighted by Crippen LogP contribution is -2.56. The van der Waals surface area contributed by atoms with Crippen LogP contribution < -0.4 is 11.1 Å². The Kier molecular flexibility index (Phi) is 6.61. The number of nitrogens with two attached hydrogens (primary N) is 1. The van der Waals surface area contributed by atoms with Crippen molar-refractivity contribution in [2.75, 3.05) is 13.2 Å². The molecular weight excluding hydrogens is 224 g/mol. The average molecular weight is 256 g/mol. The number of nitrogens with one attached hydrogen (secondary N) is 1. The molecule has 0 radical (unpaired) electrons. The van der Waals surface area contributed by atoms with Crippen molar-refractivity contribution in [1.82, 2.24) is 5.32 Å². The first-order valence-electron chi connectivity index (χ1n) is 7.61. The van der Waals surface area contributed by atoms with Crippen LogP contribution in [0.15, 0.2) is 0 Å². The van der Waals surface area contributed by atoms with E-state index in [2.05, 4.69) is 26.1 Å². The van der Waals surface area contributed by atoms with Crippen LogP contribution in [0.25, 0.3) is 0 Å². The molecule has 108 valence electrons. The predicted molar refractivity (Wildman–Crippen MR) is 77.5 cm³/mol. The van der Waals surface area contributed by atoms with Gasteiger partial charge in [0.05, 0.1) is 0 Å². The number of aliphatic hydroxyl groups is 1. The normalized spacial score (nSPS) is 30.7. The smallest absolute Gasteiger partial charge is 0.0431 e. The van der Waals surface area contributed by atoms with Crippen LogP contribution in [0.1, 0.15) is 59.3 Å². The lowest BCUT2D eigenvalue weighted by Gasteiger charge is -2.43. The van der Waals surface area contributed by atoms with Crippen molar-refractivity contribution in [3.05, 3.63) is 0 Å². The topological polar surface area (TPSA) is 58.3 Å². The van der Waals surface area contributed by atoms with Gasteiger partial charge in [-0.05, 0) is 57.3 Å². The van der Waals surface area contributed by atoms with Crippen LogP contribution in [0.3, 0.4) is 0 Å². The first kappa shape index (κ1) is 15.9. The zero-order valence-electron chi connectivity index (χ0n) is 12.4. The zero-order valence-corrected chi connectivity index (χ0v) is 12.4. The summed E-state index contributed by atoms with van der Waals surface area (Å²) < 4.78 is 0. The number of hydrogen-bond acceptors (Lipinski definition) is 3. The Bertz CT molecular complexity index is 223. The summed E-state index contributed by atoms with van der Waals surface area (Å²) in [4.78, 5) is 0. The SMILES string of the molecule is CC(CCCO)NC1(CN)CCC(C(C)C)CC1. The molecule has 3 heteroatoms. The Morgan fingerprint density at radius 3 is 2.33 bits per heavy atom. The highest BCUT2D eigenvalue weighted by molar-refractivity contribution is 4.95. The van der Waals surface area contributed by atoms with E-state index in [4.69, 9.17) is 10.8 Å². The van der Waals surface area contributed by atoms with E-state index in [9.17, 15) is 0 Å². The van der Waals surface area contributed by atoms with Gasteiger partial charge < -0.3 is 16.2 Å². The molecule has 3 nitrogen and oxygen atoms in total. The third-order valence-corrected chi connectivity index (χ3v) is 4.67. The molecule has 0 saturated heterocycles. The van der Waals surface area contributed by atoms with Gasteiger partial charge in [0.2, 0.25) is 0 Å². The van der Waals surface area contributed by atoms with Gasteiger partial charge in [-0.2, -0.15) is 0 Å². The van der Waals surface area contributed by atoms with Gasteiger partial charge in [0, 0.05) is 24.7 Å². The van der Waals surface area contributed by atoms with Gasteiger partial charge in [-0.25, -0.2) is 0 Å². The van der Waals surface area contributed by atoms with E-state index >= 15 is 0 Å². The lowest BCUT2D eigenvalue weighted by atomic mass is 9.72. The first-order chi connectivity index (χ1) is 8.53. The Morgan fingerprint density at radius 1 is 1.28 bits per heavy atom. The molecule has 0 aromatic rings. The summed E-state index contributed by atoms with van der Waals surface area (Å²) in [6, 6.07) is 0.455. The van der Waals surface area contributed by atoms with Gasteiger partial charge in [-0.1, -0.05) is 13.8 Å². The minimum atomic E-state index is 0.153. The molecule has 1 unspecified atom stereocenters. The standard InChI is InChI=1S/C15H32N2O/c1-12(2)14-6-8-15(11-16,9-7-14)17-13(3)5-4-10-18/h12-14,17-18H,4-11,16H2,1-3H3. The van der Waals surface area contributed by atoms with Gasteiger partial charge in [-0.3, -0.25) is 0 Å². The number of rotatable bonds is 7. The maximum atomic E-state index is 8.89. The van der Waals surface area contributed by atoms with Crippen LogP contribution in [-0.4, -0.2) is 29.8 Å². The van der Waals surface area contributed by atoms with Gasteiger partial charge in [0.1, 0.15) is 0 Å². The van der Waals surface area contributed by atoms with Crippen molar-refractivity contribution in [1.29, 1.82) is 0 Å². The van der Waals surface area contributed by atoms with Crippen LogP contribution in [0.4, 0.5) is 0 Å². The van der Waals surface area contributed by atoms with Crippen LogP contribution in [0.2, 0.25) is 0 Å². The van der Waals surface area contributed by atoms with E-state index in [0.29, 0.717) is 6.04 Å². The van der Waals surface area contributed by atoms with Gasteiger partial charge in [0.25, 0.3) is 0 Å². The summed E-state index contributed by atoms with van der Waals surface area (Å²) in [5.74, 6) is 1.67. The van der Waals surface area contributed by atoms with Crippen LogP contribution in [0, 0.1) is 11.8 Å². The van der Waals surface area contributed by atoms with Crippen molar-refractivity contribution in [2.24, 2.45) is 17.6 Å². The quantitative estimate of drug-likeness (QED) is 0.655. The second-order valence-electron chi connectivity index (χ2n) is 6.48. The molecule has 1 saturated carbocycles. The van der Waals surface area contributed by atoms with Crippen molar-refractivity contribution in [2.45, 2.75) is 70.9 Å². The number of aliphatic hydroxyl groups excluding tert-OH is 1. The van der Waals surface area contributed by atoms with Crippen LogP contribution in [0.5, 0.6) is 0 Å². The molecule has 4 N–H and O–H groups in total. The van der Waals surface area contributed by atoms with E-state index < -0.39 is 0 Å². The summed E-state index contributed by atoms with van der Waals surface area (Å²) in [5.41, 5.74) is 6.18. The van der Waals surface area contributed by atoms with Gasteiger partial charge >= 0.3 is 0 Å². The Morgan fingerprint density at radius 2 is 1.89 bits per heavy atom. The molecule has 0 spiro atoms. The van der Waals surface area contributed by atoms with Crippen molar-refractivity contribution in [3.8, 4) is 0 Å². The third-order valence-electron chi connectivity index (χ3n) is 4.67. The Labute approximate surface area is 113 Å². The highest BCUT2D eigenvalue weighted by Crippen LogP contribution is 2.35. The second kappa shape index (κ2) is 7.46. The Hall–Kier alpha value is -0.120. The Balaban J connectivity index is 2.45. The fourth-order valence-electron chi connectivity index (χ4n) is 3.26. The molecular formula is C15H32N2O. The van der Waals surface area contributed by atoms with Crippen LogP contribution in [-0.2, 0) is 0 Å². The maximum absolute atomic E-state index is 8.89. The molecule has 0 bridgehead atoms. The molecule has 0 heterocycles. The number of hydrogen-bond donors (Lipinski definition) is 3. The van der Waals surface area contributed by atoms with Gasteiger partial charge in [-0.15, -0.1) is 0 Å². The molecule has 18 heavy (non-hydrogen) atoms. The highest BCUT2D eigenvalue weighted by Gasteiger charge is 2.35. The minimum absolute atomic E-state index is 0.153. The molecule has 1 atom stereocenters. The largest absolute Gasteiger partial charge is 0.396 e. The maximum Gasteiger partial charge on any atom is 0.0431 e. The molecule has 0 aliphatic heterocycles. The molecule has 1 fully saturated rings. The summed E-state index contributed by atoms with van der Waals surface area (Å²) in [6.07, 6.45) is 6.92. The van der Waals surface area contributed by atoms with Crippen LogP contribution >= 0.6 is 0 Å².